The molecular weight excluding hydrogens is 218 g/mol. The van der Waals surface area contributed by atoms with Crippen LogP contribution in [0.25, 0.3) is 0 Å². The standard InChI is InChI=1S/C11H11N5O/c1-7-4-8(6-13-5-7)14-11(17)9-2-3-10(12)16-15-9/h2-6H,1H3,(H2,12,16)(H,14,17). The van der Waals surface area contributed by atoms with Crippen molar-refractivity contribution in [2.45, 2.75) is 6.92 Å². The molecule has 0 aromatic carbocycles. The van der Waals surface area contributed by atoms with E-state index in [1.807, 2.05) is 13.0 Å². The highest BCUT2D eigenvalue weighted by atomic mass is 16.1. The van der Waals surface area contributed by atoms with E-state index in [9.17, 15) is 4.79 Å². The normalized spacial score (nSPS) is 9.94. The minimum absolute atomic E-state index is 0.209. The van der Waals surface area contributed by atoms with E-state index in [4.69, 9.17) is 5.73 Å². The zero-order chi connectivity index (χ0) is 12.3. The van der Waals surface area contributed by atoms with E-state index in [0.29, 0.717) is 5.69 Å². The molecule has 0 radical (unpaired) electrons. The molecule has 0 fully saturated rings. The van der Waals surface area contributed by atoms with E-state index in [0.717, 1.165) is 5.56 Å². The molecule has 0 atom stereocenters. The van der Waals surface area contributed by atoms with Crippen LogP contribution in [0.5, 0.6) is 0 Å². The number of pyridine rings is 1. The smallest absolute Gasteiger partial charge is 0.276 e. The van der Waals surface area contributed by atoms with Crippen molar-refractivity contribution in [3.63, 3.8) is 0 Å². The summed E-state index contributed by atoms with van der Waals surface area (Å²) >= 11 is 0. The first-order valence-electron chi connectivity index (χ1n) is 4.97. The molecule has 0 saturated heterocycles. The van der Waals surface area contributed by atoms with Crippen molar-refractivity contribution in [2.24, 2.45) is 0 Å². The number of aromatic nitrogens is 3. The Morgan fingerprint density at radius 3 is 2.76 bits per heavy atom. The number of nitrogens with one attached hydrogen (secondary N) is 1. The van der Waals surface area contributed by atoms with Gasteiger partial charge < -0.3 is 11.1 Å². The lowest BCUT2D eigenvalue weighted by Crippen LogP contribution is -2.14. The molecule has 2 rings (SSSR count). The Morgan fingerprint density at radius 2 is 2.12 bits per heavy atom. The van der Waals surface area contributed by atoms with Crippen LogP contribution in [0.4, 0.5) is 11.5 Å². The quantitative estimate of drug-likeness (QED) is 0.801. The number of nitrogens with two attached hydrogens (primary N) is 1. The van der Waals surface area contributed by atoms with Crippen LogP contribution in [0.3, 0.4) is 0 Å². The topological polar surface area (TPSA) is 93.8 Å². The number of carbonyl (C=O) groups is 1. The maximum atomic E-state index is 11.8. The first kappa shape index (κ1) is 11.0. The number of hydrogen-bond donors (Lipinski definition) is 2. The molecule has 2 aromatic heterocycles. The first-order chi connectivity index (χ1) is 8.15. The Hall–Kier alpha value is -2.50. The van der Waals surface area contributed by atoms with Gasteiger partial charge in [-0.25, -0.2) is 0 Å². The molecular formula is C11H11N5O. The Bertz CT molecular complexity index is 538. The van der Waals surface area contributed by atoms with Crippen molar-refractivity contribution in [3.05, 3.63) is 41.9 Å². The molecule has 2 heterocycles. The number of rotatable bonds is 2. The Labute approximate surface area is 97.9 Å². The molecule has 0 aliphatic heterocycles. The molecule has 0 saturated carbocycles. The summed E-state index contributed by atoms with van der Waals surface area (Å²) in [7, 11) is 0. The minimum atomic E-state index is -0.343. The summed E-state index contributed by atoms with van der Waals surface area (Å²) in [5.41, 5.74) is 7.18. The van der Waals surface area contributed by atoms with Gasteiger partial charge in [0.05, 0.1) is 11.9 Å². The molecule has 6 nitrogen and oxygen atoms in total. The third kappa shape index (κ3) is 2.75. The molecule has 0 bridgehead atoms. The Kier molecular flexibility index (Phi) is 2.95. The molecule has 2 aromatic rings. The van der Waals surface area contributed by atoms with E-state index in [-0.39, 0.29) is 17.4 Å². The third-order valence-corrected chi connectivity index (χ3v) is 2.05. The lowest BCUT2D eigenvalue weighted by molar-refractivity contribution is 0.102. The number of aryl methyl sites for hydroxylation is 1. The molecule has 0 unspecified atom stereocenters. The second kappa shape index (κ2) is 4.56. The van der Waals surface area contributed by atoms with Crippen molar-refractivity contribution in [1.29, 1.82) is 0 Å². The molecule has 0 spiro atoms. The van der Waals surface area contributed by atoms with Gasteiger partial charge in [0.1, 0.15) is 5.82 Å². The van der Waals surface area contributed by atoms with E-state index in [1.165, 1.54) is 12.1 Å². The maximum Gasteiger partial charge on any atom is 0.276 e. The monoisotopic (exact) mass is 229 g/mol. The minimum Gasteiger partial charge on any atom is -0.382 e. The van der Waals surface area contributed by atoms with Gasteiger partial charge in [0, 0.05) is 6.20 Å². The zero-order valence-corrected chi connectivity index (χ0v) is 9.21. The highest BCUT2D eigenvalue weighted by Crippen LogP contribution is 2.08. The fraction of sp³-hybridized carbons (Fsp3) is 0.0909. The summed E-state index contributed by atoms with van der Waals surface area (Å²) in [4.78, 5) is 15.7. The van der Waals surface area contributed by atoms with Crippen molar-refractivity contribution in [2.75, 3.05) is 11.1 Å². The van der Waals surface area contributed by atoms with Gasteiger partial charge >= 0.3 is 0 Å². The van der Waals surface area contributed by atoms with Gasteiger partial charge in [-0.2, -0.15) is 0 Å². The summed E-state index contributed by atoms with van der Waals surface area (Å²) in [6.45, 7) is 1.89. The Morgan fingerprint density at radius 1 is 1.29 bits per heavy atom. The van der Waals surface area contributed by atoms with Gasteiger partial charge in [-0.3, -0.25) is 9.78 Å². The van der Waals surface area contributed by atoms with Crippen molar-refractivity contribution < 1.29 is 4.79 Å². The van der Waals surface area contributed by atoms with Gasteiger partial charge in [0.15, 0.2) is 5.69 Å². The van der Waals surface area contributed by atoms with Crippen LogP contribution in [0.1, 0.15) is 16.1 Å². The van der Waals surface area contributed by atoms with E-state index < -0.39 is 0 Å². The summed E-state index contributed by atoms with van der Waals surface area (Å²) in [6, 6.07) is 4.85. The van der Waals surface area contributed by atoms with Gasteiger partial charge in [-0.05, 0) is 30.7 Å². The summed E-state index contributed by atoms with van der Waals surface area (Å²) in [5.74, 6) is -0.0660. The predicted molar refractivity (Wildman–Crippen MR) is 63.4 cm³/mol. The fourth-order valence-corrected chi connectivity index (χ4v) is 1.28. The SMILES string of the molecule is Cc1cncc(NC(=O)c2ccc(N)nn2)c1. The number of anilines is 2. The van der Waals surface area contributed by atoms with E-state index in [2.05, 4.69) is 20.5 Å². The highest BCUT2D eigenvalue weighted by molar-refractivity contribution is 6.02. The molecule has 1 amide bonds. The zero-order valence-electron chi connectivity index (χ0n) is 9.21. The highest BCUT2D eigenvalue weighted by Gasteiger charge is 2.08. The first-order valence-corrected chi connectivity index (χ1v) is 4.97. The van der Waals surface area contributed by atoms with Crippen LogP contribution >= 0.6 is 0 Å². The molecule has 0 aliphatic rings. The van der Waals surface area contributed by atoms with Crippen molar-refractivity contribution in [3.8, 4) is 0 Å². The van der Waals surface area contributed by atoms with Crippen LogP contribution in [0.15, 0.2) is 30.6 Å². The van der Waals surface area contributed by atoms with E-state index >= 15 is 0 Å². The number of carbonyl (C=O) groups excluding carboxylic acids is 1. The lowest BCUT2D eigenvalue weighted by atomic mass is 10.3. The molecule has 0 aliphatic carbocycles. The fourth-order valence-electron chi connectivity index (χ4n) is 1.28. The lowest BCUT2D eigenvalue weighted by Gasteiger charge is -2.04. The van der Waals surface area contributed by atoms with Crippen LogP contribution < -0.4 is 11.1 Å². The van der Waals surface area contributed by atoms with Crippen molar-refractivity contribution in [1.82, 2.24) is 15.2 Å². The number of nitrogens with zero attached hydrogens (tertiary/aromatic N) is 3. The van der Waals surface area contributed by atoms with Crippen LogP contribution in [-0.4, -0.2) is 21.1 Å². The van der Waals surface area contributed by atoms with E-state index in [1.54, 1.807) is 12.4 Å². The van der Waals surface area contributed by atoms with Crippen molar-refractivity contribution >= 4 is 17.4 Å². The average molecular weight is 229 g/mol. The van der Waals surface area contributed by atoms with Gasteiger partial charge in [-0.1, -0.05) is 0 Å². The van der Waals surface area contributed by atoms with Gasteiger partial charge in [-0.15, -0.1) is 10.2 Å². The molecule has 17 heavy (non-hydrogen) atoms. The second-order valence-corrected chi connectivity index (χ2v) is 3.55. The number of nitrogen functional groups attached to an aromatic ring is 1. The average Bonchev–Trinajstić information content (AvgIpc) is 2.29. The third-order valence-electron chi connectivity index (χ3n) is 2.05. The molecule has 6 heteroatoms. The van der Waals surface area contributed by atoms with Gasteiger partial charge in [0.25, 0.3) is 5.91 Å². The number of hydrogen-bond acceptors (Lipinski definition) is 5. The maximum absolute atomic E-state index is 11.8. The predicted octanol–water partition coefficient (Wildman–Crippen LogP) is 1.01. The number of amides is 1. The second-order valence-electron chi connectivity index (χ2n) is 3.55. The van der Waals surface area contributed by atoms with Gasteiger partial charge in [0.2, 0.25) is 0 Å². The van der Waals surface area contributed by atoms with Crippen LogP contribution in [0.2, 0.25) is 0 Å². The largest absolute Gasteiger partial charge is 0.382 e. The Balaban J connectivity index is 2.14. The molecule has 3 N–H and O–H groups in total. The van der Waals surface area contributed by atoms with Crippen LogP contribution in [-0.2, 0) is 0 Å². The molecule has 86 valence electrons. The summed E-state index contributed by atoms with van der Waals surface area (Å²) in [5, 5.41) is 9.97. The van der Waals surface area contributed by atoms with Crippen LogP contribution in [0, 0.1) is 6.92 Å². The summed E-state index contributed by atoms with van der Waals surface area (Å²) in [6.07, 6.45) is 3.27. The summed E-state index contributed by atoms with van der Waals surface area (Å²) < 4.78 is 0.